The number of benzene rings is 1. The van der Waals surface area contributed by atoms with Crippen LogP contribution in [0.15, 0.2) is 30.5 Å². The number of hydrogen-bond donors (Lipinski definition) is 1. The average molecular weight is 354 g/mol. The van der Waals surface area contributed by atoms with Crippen molar-refractivity contribution in [2.75, 3.05) is 26.4 Å². The smallest absolute Gasteiger partial charge is 0.254 e. The fraction of sp³-hybridized carbons (Fsp3) is 0.571. The Bertz CT molecular complexity index is 797. The van der Waals surface area contributed by atoms with Crippen molar-refractivity contribution < 1.29 is 14.3 Å². The number of nitrogens with one attached hydrogen (secondary N) is 1. The molecule has 2 heterocycles. The first-order chi connectivity index (χ1) is 12.8. The molecule has 1 aromatic heterocycles. The Balaban J connectivity index is 1.27. The number of H-pyrrole nitrogens is 1. The van der Waals surface area contributed by atoms with Crippen molar-refractivity contribution in [2.45, 2.75) is 37.8 Å². The monoisotopic (exact) mass is 354 g/mol. The highest BCUT2D eigenvalue weighted by molar-refractivity contribution is 5.98. The largest absolute Gasteiger partial charge is 0.381 e. The maximum Gasteiger partial charge on any atom is 0.254 e. The number of carbonyl (C=O) groups excluding carboxylic acids is 1. The zero-order valence-electron chi connectivity index (χ0n) is 15.0. The Morgan fingerprint density at radius 2 is 2.08 bits per heavy atom. The van der Waals surface area contributed by atoms with Gasteiger partial charge in [0.2, 0.25) is 0 Å². The van der Waals surface area contributed by atoms with Crippen LogP contribution >= 0.6 is 0 Å². The number of aromatic nitrogens is 1. The van der Waals surface area contributed by atoms with Crippen LogP contribution in [0.3, 0.4) is 0 Å². The number of ether oxygens (including phenoxy) is 2. The Kier molecular flexibility index (Phi) is 4.21. The van der Waals surface area contributed by atoms with Gasteiger partial charge in [-0.05, 0) is 61.8 Å². The van der Waals surface area contributed by atoms with Crippen LogP contribution in [0.2, 0.25) is 0 Å². The minimum absolute atomic E-state index is 0.131. The molecule has 3 fully saturated rings. The lowest BCUT2D eigenvalue weighted by Gasteiger charge is -2.37. The molecule has 1 N–H and O–H groups in total. The summed E-state index contributed by atoms with van der Waals surface area (Å²) in [5, 5.41) is 1.08. The van der Waals surface area contributed by atoms with Crippen LogP contribution in [0.4, 0.5) is 0 Å². The number of rotatable bonds is 5. The van der Waals surface area contributed by atoms with Gasteiger partial charge in [-0.25, -0.2) is 0 Å². The summed E-state index contributed by atoms with van der Waals surface area (Å²) in [6.07, 6.45) is 6.73. The number of hydrogen-bond acceptors (Lipinski definition) is 3. The molecule has 2 aliphatic carbocycles. The van der Waals surface area contributed by atoms with Crippen LogP contribution in [0, 0.1) is 11.8 Å². The second kappa shape index (κ2) is 6.71. The molecular formula is C21H26N2O3. The van der Waals surface area contributed by atoms with Crippen molar-refractivity contribution in [1.29, 1.82) is 0 Å². The van der Waals surface area contributed by atoms with E-state index in [0.717, 1.165) is 48.4 Å². The summed E-state index contributed by atoms with van der Waals surface area (Å²) >= 11 is 0. The topological polar surface area (TPSA) is 54.6 Å². The van der Waals surface area contributed by atoms with Crippen molar-refractivity contribution in [1.82, 2.24) is 9.88 Å². The second-order valence-corrected chi connectivity index (χ2v) is 8.07. The highest BCUT2D eigenvalue weighted by atomic mass is 16.5. The van der Waals surface area contributed by atoms with Gasteiger partial charge in [0.1, 0.15) is 0 Å². The first-order valence-electron chi connectivity index (χ1n) is 9.85. The van der Waals surface area contributed by atoms with Crippen LogP contribution in [0.25, 0.3) is 10.9 Å². The summed E-state index contributed by atoms with van der Waals surface area (Å²) in [6.45, 7) is 3.03. The van der Waals surface area contributed by atoms with Gasteiger partial charge in [0.25, 0.3) is 5.91 Å². The average Bonchev–Trinajstić information content (AvgIpc) is 3.19. The van der Waals surface area contributed by atoms with E-state index in [2.05, 4.69) is 4.98 Å². The van der Waals surface area contributed by atoms with Crippen molar-refractivity contribution >= 4 is 16.8 Å². The van der Waals surface area contributed by atoms with Crippen LogP contribution in [-0.4, -0.2) is 54.3 Å². The Labute approximate surface area is 153 Å². The van der Waals surface area contributed by atoms with E-state index in [1.807, 2.05) is 35.4 Å². The Morgan fingerprint density at radius 3 is 2.96 bits per heavy atom. The van der Waals surface area contributed by atoms with Gasteiger partial charge >= 0.3 is 0 Å². The maximum atomic E-state index is 13.2. The van der Waals surface area contributed by atoms with Gasteiger partial charge in [-0.3, -0.25) is 4.79 Å². The van der Waals surface area contributed by atoms with Crippen LogP contribution < -0.4 is 0 Å². The van der Waals surface area contributed by atoms with E-state index in [-0.39, 0.29) is 18.1 Å². The summed E-state index contributed by atoms with van der Waals surface area (Å²) in [4.78, 5) is 18.4. The fourth-order valence-corrected chi connectivity index (χ4v) is 4.48. The lowest BCUT2D eigenvalue weighted by molar-refractivity contribution is -0.0450. The molecule has 2 saturated carbocycles. The van der Waals surface area contributed by atoms with Gasteiger partial charge < -0.3 is 19.4 Å². The molecule has 3 atom stereocenters. The zero-order chi connectivity index (χ0) is 17.5. The second-order valence-electron chi connectivity index (χ2n) is 8.07. The summed E-state index contributed by atoms with van der Waals surface area (Å²) in [5.41, 5.74) is 1.83. The van der Waals surface area contributed by atoms with E-state index in [9.17, 15) is 4.79 Å². The van der Waals surface area contributed by atoms with E-state index >= 15 is 0 Å². The van der Waals surface area contributed by atoms with E-state index in [0.29, 0.717) is 19.1 Å². The zero-order valence-corrected chi connectivity index (χ0v) is 15.0. The van der Waals surface area contributed by atoms with E-state index < -0.39 is 0 Å². The van der Waals surface area contributed by atoms with Crippen molar-refractivity contribution in [3.63, 3.8) is 0 Å². The summed E-state index contributed by atoms with van der Waals surface area (Å²) < 4.78 is 11.9. The molecule has 5 heteroatoms. The van der Waals surface area contributed by atoms with Gasteiger partial charge in [0.15, 0.2) is 0 Å². The lowest BCUT2D eigenvalue weighted by Crippen LogP contribution is -2.51. The first kappa shape index (κ1) is 16.3. The number of morpholine rings is 1. The molecule has 138 valence electrons. The molecule has 0 bridgehead atoms. The van der Waals surface area contributed by atoms with Crippen LogP contribution in [0.1, 0.15) is 36.0 Å². The molecule has 2 aromatic rings. The first-order valence-corrected chi connectivity index (χ1v) is 9.85. The van der Waals surface area contributed by atoms with E-state index in [1.165, 1.54) is 12.8 Å². The van der Waals surface area contributed by atoms with Gasteiger partial charge in [-0.1, -0.05) is 0 Å². The van der Waals surface area contributed by atoms with Crippen molar-refractivity contribution in [3.8, 4) is 0 Å². The third-order valence-corrected chi connectivity index (χ3v) is 6.10. The fourth-order valence-electron chi connectivity index (χ4n) is 4.48. The third-order valence-electron chi connectivity index (χ3n) is 6.10. The van der Waals surface area contributed by atoms with Crippen LogP contribution in [0.5, 0.6) is 0 Å². The van der Waals surface area contributed by atoms with Crippen molar-refractivity contribution in [3.05, 3.63) is 36.0 Å². The number of fused-ring (bicyclic) bond motifs is 2. The quantitative estimate of drug-likeness (QED) is 0.897. The lowest BCUT2D eigenvalue weighted by atomic mass is 10.1. The molecular weight excluding hydrogens is 328 g/mol. The highest BCUT2D eigenvalue weighted by Gasteiger charge is 2.43. The number of amides is 1. The van der Waals surface area contributed by atoms with E-state index in [1.54, 1.807) is 0 Å². The molecule has 1 saturated heterocycles. The standard InChI is InChI=1S/C21H26N2O3/c24-21(17-3-4-18-16(11-17)5-6-22-18)23-7-8-26-20-10-15(9-19(20)23)13-25-12-14-1-2-14/h3-6,11,14-15,19-20,22H,1-2,7-10,12-13H2/t15-,19-,20+/m0/s1. The van der Waals surface area contributed by atoms with Crippen LogP contribution in [-0.2, 0) is 9.47 Å². The van der Waals surface area contributed by atoms with Gasteiger partial charge in [-0.15, -0.1) is 0 Å². The number of carbonyl (C=O) groups is 1. The molecule has 3 aliphatic rings. The maximum absolute atomic E-state index is 13.2. The predicted octanol–water partition coefficient (Wildman–Crippen LogP) is 3.21. The minimum atomic E-state index is 0.131. The summed E-state index contributed by atoms with van der Waals surface area (Å²) in [5.74, 6) is 1.44. The SMILES string of the molecule is O=C(c1ccc2[nH]ccc2c1)N1CCO[C@@H]2C[C@@H](COCC3CC3)C[C@@H]21. The van der Waals surface area contributed by atoms with E-state index in [4.69, 9.17) is 9.47 Å². The summed E-state index contributed by atoms with van der Waals surface area (Å²) in [7, 11) is 0. The molecule has 26 heavy (non-hydrogen) atoms. The molecule has 5 rings (SSSR count). The molecule has 0 spiro atoms. The van der Waals surface area contributed by atoms with Crippen molar-refractivity contribution in [2.24, 2.45) is 11.8 Å². The molecule has 5 nitrogen and oxygen atoms in total. The number of aromatic amines is 1. The van der Waals surface area contributed by atoms with Gasteiger partial charge in [-0.2, -0.15) is 0 Å². The molecule has 1 aliphatic heterocycles. The van der Waals surface area contributed by atoms with Gasteiger partial charge in [0.05, 0.1) is 18.8 Å². The normalized spacial score (nSPS) is 28.5. The Hall–Kier alpha value is -1.85. The third kappa shape index (κ3) is 3.14. The highest BCUT2D eigenvalue weighted by Crippen LogP contribution is 2.36. The minimum Gasteiger partial charge on any atom is -0.381 e. The molecule has 1 amide bonds. The molecule has 0 radical (unpaired) electrons. The predicted molar refractivity (Wildman–Crippen MR) is 99.1 cm³/mol. The Morgan fingerprint density at radius 1 is 1.19 bits per heavy atom. The molecule has 1 aromatic carbocycles. The summed E-state index contributed by atoms with van der Waals surface area (Å²) in [6, 6.07) is 8.11. The number of nitrogens with zero attached hydrogens (tertiary/aromatic N) is 1. The molecule has 0 unspecified atom stereocenters. The van der Waals surface area contributed by atoms with Gasteiger partial charge in [0, 0.05) is 42.4 Å².